The molecule has 0 saturated carbocycles. The predicted molar refractivity (Wildman–Crippen MR) is 93.3 cm³/mol. The van der Waals surface area contributed by atoms with Crippen LogP contribution in [0.15, 0.2) is 24.5 Å². The minimum absolute atomic E-state index is 0.506. The first-order valence-corrected chi connectivity index (χ1v) is 9.15. The van der Waals surface area contributed by atoms with E-state index in [2.05, 4.69) is 41.3 Å². The van der Waals surface area contributed by atoms with Crippen LogP contribution in [0.5, 0.6) is 0 Å². The summed E-state index contributed by atoms with van der Waals surface area (Å²) in [6.45, 7) is 6.53. The fourth-order valence-corrected chi connectivity index (χ4v) is 4.24. The van der Waals surface area contributed by atoms with Crippen LogP contribution in [0.1, 0.15) is 44.2 Å². The number of nitrogens with zero attached hydrogens (tertiary/aromatic N) is 2. The van der Waals surface area contributed by atoms with Crippen molar-refractivity contribution in [2.45, 2.75) is 44.7 Å². The monoisotopic (exact) mass is 317 g/mol. The summed E-state index contributed by atoms with van der Waals surface area (Å²) in [7, 11) is 2.24. The maximum atomic E-state index is 5.47. The Morgan fingerprint density at radius 1 is 1.35 bits per heavy atom. The molecule has 1 unspecified atom stereocenters. The summed E-state index contributed by atoms with van der Waals surface area (Å²) in [5.41, 5.74) is 1.36. The van der Waals surface area contributed by atoms with Gasteiger partial charge in [-0.1, -0.05) is 6.07 Å². The molecule has 1 aromatic rings. The van der Waals surface area contributed by atoms with Gasteiger partial charge in [0.2, 0.25) is 0 Å². The molecular weight excluding hydrogens is 286 g/mol. The van der Waals surface area contributed by atoms with Crippen molar-refractivity contribution in [1.82, 2.24) is 15.2 Å². The summed E-state index contributed by atoms with van der Waals surface area (Å²) in [4.78, 5) is 6.79. The van der Waals surface area contributed by atoms with Gasteiger partial charge in [-0.25, -0.2) is 0 Å². The van der Waals surface area contributed by atoms with Gasteiger partial charge in [0.1, 0.15) is 0 Å². The van der Waals surface area contributed by atoms with Crippen LogP contribution in [0.4, 0.5) is 0 Å². The molecule has 4 heteroatoms. The molecule has 0 spiro atoms. The van der Waals surface area contributed by atoms with Crippen molar-refractivity contribution < 1.29 is 4.74 Å². The summed E-state index contributed by atoms with van der Waals surface area (Å²) >= 11 is 0. The van der Waals surface area contributed by atoms with Crippen molar-refractivity contribution in [2.75, 3.05) is 33.4 Å². The van der Waals surface area contributed by atoms with Crippen molar-refractivity contribution >= 4 is 0 Å². The molecule has 23 heavy (non-hydrogen) atoms. The van der Waals surface area contributed by atoms with Crippen LogP contribution in [0.2, 0.25) is 0 Å². The van der Waals surface area contributed by atoms with Crippen LogP contribution in [-0.2, 0) is 4.74 Å². The topological polar surface area (TPSA) is 37.4 Å². The Morgan fingerprint density at radius 2 is 2.17 bits per heavy atom. The summed E-state index contributed by atoms with van der Waals surface area (Å²) in [5, 5.41) is 3.80. The summed E-state index contributed by atoms with van der Waals surface area (Å²) < 4.78 is 5.47. The zero-order valence-electron chi connectivity index (χ0n) is 14.6. The molecule has 3 heterocycles. The highest BCUT2D eigenvalue weighted by atomic mass is 16.5. The number of hydrogen-bond donors (Lipinski definition) is 1. The molecule has 0 aromatic carbocycles. The van der Waals surface area contributed by atoms with Crippen LogP contribution in [0.25, 0.3) is 0 Å². The number of rotatable bonds is 6. The van der Waals surface area contributed by atoms with E-state index in [0.29, 0.717) is 18.0 Å². The lowest BCUT2D eigenvalue weighted by Crippen LogP contribution is -2.35. The largest absolute Gasteiger partial charge is 0.381 e. The van der Waals surface area contributed by atoms with Crippen LogP contribution in [-0.4, -0.2) is 49.3 Å². The van der Waals surface area contributed by atoms with Gasteiger partial charge in [-0.15, -0.1) is 0 Å². The molecule has 2 aliphatic heterocycles. The lowest BCUT2D eigenvalue weighted by atomic mass is 9.91. The van der Waals surface area contributed by atoms with Gasteiger partial charge in [0.25, 0.3) is 0 Å². The molecule has 1 aromatic heterocycles. The first kappa shape index (κ1) is 16.9. The fraction of sp³-hybridized carbons (Fsp3) is 0.737. The smallest absolute Gasteiger partial charge is 0.0468 e. The van der Waals surface area contributed by atoms with Gasteiger partial charge in [-0.2, -0.15) is 0 Å². The highest BCUT2D eigenvalue weighted by Gasteiger charge is 2.33. The zero-order chi connectivity index (χ0) is 16.1. The van der Waals surface area contributed by atoms with E-state index in [1.165, 1.54) is 37.8 Å². The number of aromatic nitrogens is 1. The highest BCUT2D eigenvalue weighted by Crippen LogP contribution is 2.35. The first-order chi connectivity index (χ1) is 11.2. The minimum atomic E-state index is 0.506. The third kappa shape index (κ3) is 4.52. The normalized spacial score (nSPS) is 28.1. The Labute approximate surface area is 140 Å². The van der Waals surface area contributed by atoms with E-state index < -0.39 is 0 Å². The molecule has 4 nitrogen and oxygen atoms in total. The van der Waals surface area contributed by atoms with Gasteiger partial charge < -0.3 is 10.1 Å². The van der Waals surface area contributed by atoms with Gasteiger partial charge in [0, 0.05) is 44.2 Å². The minimum Gasteiger partial charge on any atom is -0.381 e. The fourth-order valence-electron chi connectivity index (χ4n) is 4.24. The first-order valence-electron chi connectivity index (χ1n) is 9.15. The van der Waals surface area contributed by atoms with Gasteiger partial charge in [-0.3, -0.25) is 9.88 Å². The maximum absolute atomic E-state index is 5.47. The molecule has 3 atom stereocenters. The SMILES string of the molecule is CC(CC1CCOCC1)NC[C@@H]1CCN(C)[C@H]1c1cccnc1. The quantitative estimate of drug-likeness (QED) is 0.875. The van der Waals surface area contributed by atoms with E-state index in [0.717, 1.165) is 25.7 Å². The molecular formula is C19H31N3O. The van der Waals surface area contributed by atoms with Gasteiger partial charge in [0.15, 0.2) is 0 Å². The Hall–Kier alpha value is -0.970. The second-order valence-electron chi connectivity index (χ2n) is 7.36. The van der Waals surface area contributed by atoms with Gasteiger partial charge in [-0.05, 0) is 69.7 Å². The molecule has 2 aliphatic rings. The van der Waals surface area contributed by atoms with Gasteiger partial charge in [0.05, 0.1) is 0 Å². The lowest BCUT2D eigenvalue weighted by Gasteiger charge is -2.28. The number of nitrogens with one attached hydrogen (secondary N) is 1. The van der Waals surface area contributed by atoms with E-state index in [4.69, 9.17) is 4.74 Å². The zero-order valence-corrected chi connectivity index (χ0v) is 14.6. The number of hydrogen-bond acceptors (Lipinski definition) is 4. The summed E-state index contributed by atoms with van der Waals surface area (Å²) in [5.74, 6) is 1.52. The molecule has 0 bridgehead atoms. The Bertz CT molecular complexity index is 461. The second kappa shape index (κ2) is 8.22. The number of pyridine rings is 1. The van der Waals surface area contributed by atoms with Crippen LogP contribution in [0, 0.1) is 11.8 Å². The van der Waals surface area contributed by atoms with Crippen LogP contribution < -0.4 is 5.32 Å². The van der Waals surface area contributed by atoms with Crippen molar-refractivity contribution in [2.24, 2.45) is 11.8 Å². The Morgan fingerprint density at radius 3 is 2.91 bits per heavy atom. The predicted octanol–water partition coefficient (Wildman–Crippen LogP) is 2.87. The second-order valence-corrected chi connectivity index (χ2v) is 7.36. The number of ether oxygens (including phenoxy) is 1. The van der Waals surface area contributed by atoms with Crippen molar-refractivity contribution in [3.63, 3.8) is 0 Å². The van der Waals surface area contributed by atoms with E-state index >= 15 is 0 Å². The Balaban J connectivity index is 1.50. The van der Waals surface area contributed by atoms with E-state index in [1.54, 1.807) is 0 Å². The van der Waals surface area contributed by atoms with Crippen molar-refractivity contribution in [3.8, 4) is 0 Å². The van der Waals surface area contributed by atoms with Crippen molar-refractivity contribution in [3.05, 3.63) is 30.1 Å². The molecule has 2 fully saturated rings. The molecule has 0 aliphatic carbocycles. The van der Waals surface area contributed by atoms with E-state index in [1.807, 2.05) is 12.4 Å². The molecule has 128 valence electrons. The van der Waals surface area contributed by atoms with Crippen molar-refractivity contribution in [1.29, 1.82) is 0 Å². The molecule has 3 rings (SSSR count). The number of likely N-dealkylation sites (tertiary alicyclic amines) is 1. The Kier molecular flexibility index (Phi) is 6.03. The lowest BCUT2D eigenvalue weighted by molar-refractivity contribution is 0.0610. The molecule has 0 radical (unpaired) electrons. The molecule has 2 saturated heterocycles. The third-order valence-electron chi connectivity index (χ3n) is 5.56. The third-order valence-corrected chi connectivity index (χ3v) is 5.56. The highest BCUT2D eigenvalue weighted by molar-refractivity contribution is 5.17. The summed E-state index contributed by atoms with van der Waals surface area (Å²) in [6, 6.07) is 5.38. The standard InChI is InChI=1S/C19H31N3O/c1-15(12-16-6-10-23-11-7-16)21-14-18-5-9-22(2)19(18)17-4-3-8-20-13-17/h3-4,8,13,15-16,18-19,21H,5-7,9-12,14H2,1-2H3/t15?,18-,19-/m0/s1. The molecule has 0 amide bonds. The van der Waals surface area contributed by atoms with Crippen LogP contribution >= 0.6 is 0 Å². The van der Waals surface area contributed by atoms with Gasteiger partial charge >= 0.3 is 0 Å². The van der Waals surface area contributed by atoms with E-state index in [9.17, 15) is 0 Å². The maximum Gasteiger partial charge on any atom is 0.0468 e. The van der Waals surface area contributed by atoms with E-state index in [-0.39, 0.29) is 0 Å². The summed E-state index contributed by atoms with van der Waals surface area (Å²) in [6.07, 6.45) is 8.91. The van der Waals surface area contributed by atoms with Crippen LogP contribution in [0.3, 0.4) is 0 Å². The molecule has 1 N–H and O–H groups in total. The average Bonchev–Trinajstić information content (AvgIpc) is 2.95. The average molecular weight is 317 g/mol.